The zero-order valence-corrected chi connectivity index (χ0v) is 6.22. The standard InChI is InChI=1S/C6H13NO3/c1-3-9-6(5(7)8)10-4-2/h6H,3-4H2,1-2H3,(H2,7,8)/p-1. The molecule has 0 atom stereocenters. The molecule has 0 aliphatic heterocycles. The monoisotopic (exact) mass is 146 g/mol. The van der Waals surface area contributed by atoms with Crippen molar-refractivity contribution in [3.8, 4) is 0 Å². The fourth-order valence-electron chi connectivity index (χ4n) is 0.502. The number of hydrogen-bond acceptors (Lipinski definition) is 4. The summed E-state index contributed by atoms with van der Waals surface area (Å²) in [6.45, 7) is 4.26. The van der Waals surface area contributed by atoms with Gasteiger partial charge in [0, 0.05) is 19.1 Å². The molecule has 0 aliphatic carbocycles. The van der Waals surface area contributed by atoms with Crippen molar-refractivity contribution in [2.75, 3.05) is 13.2 Å². The maximum Gasteiger partial charge on any atom is 0.186 e. The molecule has 0 saturated heterocycles. The molecule has 4 nitrogen and oxygen atoms in total. The lowest BCUT2D eigenvalue weighted by Gasteiger charge is -2.20. The van der Waals surface area contributed by atoms with E-state index in [0.29, 0.717) is 13.2 Å². The van der Waals surface area contributed by atoms with E-state index >= 15 is 0 Å². The van der Waals surface area contributed by atoms with Crippen LogP contribution in [-0.2, 0) is 9.47 Å². The Bertz CT molecular complexity index is 99.2. The van der Waals surface area contributed by atoms with E-state index in [-0.39, 0.29) is 0 Å². The number of hydrogen-bond donors (Lipinski definition) is 1. The first-order chi connectivity index (χ1) is 4.72. The van der Waals surface area contributed by atoms with Crippen LogP contribution < -0.4 is 5.11 Å². The van der Waals surface area contributed by atoms with E-state index in [0.717, 1.165) is 0 Å². The first-order valence-corrected chi connectivity index (χ1v) is 3.21. The van der Waals surface area contributed by atoms with Crippen LogP contribution in [0.4, 0.5) is 0 Å². The largest absolute Gasteiger partial charge is 0.859 e. The molecule has 1 N–H and O–H groups in total. The Morgan fingerprint density at radius 2 is 1.80 bits per heavy atom. The predicted molar refractivity (Wildman–Crippen MR) is 34.8 cm³/mol. The second-order valence-corrected chi connectivity index (χ2v) is 1.61. The minimum atomic E-state index is -0.991. The fourth-order valence-corrected chi connectivity index (χ4v) is 0.502. The predicted octanol–water partition coefficient (Wildman–Crippen LogP) is -0.277. The quantitative estimate of drug-likeness (QED) is 0.329. The van der Waals surface area contributed by atoms with Crippen molar-refractivity contribution in [1.82, 2.24) is 0 Å². The van der Waals surface area contributed by atoms with Crippen molar-refractivity contribution in [3.63, 3.8) is 0 Å². The Hall–Kier alpha value is -0.610. The molecule has 0 rings (SSSR count). The molecule has 0 bridgehead atoms. The Balaban J connectivity index is 3.61. The Morgan fingerprint density at radius 1 is 1.40 bits per heavy atom. The number of nitrogens with one attached hydrogen (secondary N) is 1. The summed E-state index contributed by atoms with van der Waals surface area (Å²) in [7, 11) is 0. The van der Waals surface area contributed by atoms with Crippen LogP contribution in [0.5, 0.6) is 0 Å². The summed E-state index contributed by atoms with van der Waals surface area (Å²) in [5.41, 5.74) is 0. The average molecular weight is 146 g/mol. The van der Waals surface area contributed by atoms with Gasteiger partial charge in [-0.2, -0.15) is 0 Å². The SMILES string of the molecule is CCOC(OCC)C(=N)[O-]. The van der Waals surface area contributed by atoms with Crippen LogP contribution in [0.15, 0.2) is 0 Å². The molecule has 0 radical (unpaired) electrons. The van der Waals surface area contributed by atoms with Gasteiger partial charge in [-0.1, -0.05) is 0 Å². The highest BCUT2D eigenvalue weighted by atomic mass is 16.7. The van der Waals surface area contributed by atoms with E-state index in [2.05, 4.69) is 0 Å². The average Bonchev–Trinajstić information content (AvgIpc) is 1.87. The Labute approximate surface area is 60.3 Å². The van der Waals surface area contributed by atoms with Crippen molar-refractivity contribution >= 4 is 5.90 Å². The van der Waals surface area contributed by atoms with Gasteiger partial charge in [-0.25, -0.2) is 0 Å². The van der Waals surface area contributed by atoms with Crippen LogP contribution in [0.25, 0.3) is 0 Å². The van der Waals surface area contributed by atoms with Gasteiger partial charge in [-0.05, 0) is 13.8 Å². The van der Waals surface area contributed by atoms with Crippen molar-refractivity contribution in [2.24, 2.45) is 0 Å². The molecule has 4 heteroatoms. The molecule has 0 saturated carbocycles. The molecule has 0 aromatic rings. The minimum Gasteiger partial charge on any atom is -0.859 e. The summed E-state index contributed by atoms with van der Waals surface area (Å²) in [6.07, 6.45) is -0.991. The van der Waals surface area contributed by atoms with Crippen LogP contribution in [0.3, 0.4) is 0 Å². The lowest BCUT2D eigenvalue weighted by molar-refractivity contribution is -0.255. The van der Waals surface area contributed by atoms with Gasteiger partial charge < -0.3 is 20.0 Å². The molecule has 10 heavy (non-hydrogen) atoms. The van der Waals surface area contributed by atoms with Crippen LogP contribution in [-0.4, -0.2) is 25.4 Å². The van der Waals surface area contributed by atoms with Gasteiger partial charge >= 0.3 is 0 Å². The summed E-state index contributed by atoms with van der Waals surface area (Å²) in [5.74, 6) is -0.830. The van der Waals surface area contributed by atoms with Crippen molar-refractivity contribution in [2.45, 2.75) is 20.1 Å². The van der Waals surface area contributed by atoms with Gasteiger partial charge in [0.05, 0.1) is 0 Å². The van der Waals surface area contributed by atoms with Gasteiger partial charge in [-0.3, -0.25) is 0 Å². The Morgan fingerprint density at radius 3 is 2.00 bits per heavy atom. The molecule has 0 aromatic heterocycles. The van der Waals surface area contributed by atoms with E-state index in [1.165, 1.54) is 0 Å². The summed E-state index contributed by atoms with van der Waals surface area (Å²) in [6, 6.07) is 0. The van der Waals surface area contributed by atoms with Gasteiger partial charge in [0.1, 0.15) is 0 Å². The molecule has 60 valence electrons. The molecular formula is C6H12NO3-. The molecule has 0 amide bonds. The maximum atomic E-state index is 10.3. The zero-order chi connectivity index (χ0) is 7.98. The fraction of sp³-hybridized carbons (Fsp3) is 0.833. The Kier molecular flexibility index (Phi) is 4.88. The second kappa shape index (κ2) is 5.20. The van der Waals surface area contributed by atoms with Gasteiger partial charge in [-0.15, -0.1) is 0 Å². The van der Waals surface area contributed by atoms with Crippen LogP contribution in [0.1, 0.15) is 13.8 Å². The number of rotatable bonds is 5. The highest BCUT2D eigenvalue weighted by Crippen LogP contribution is 1.92. The molecule has 0 aromatic carbocycles. The summed E-state index contributed by atoms with van der Waals surface area (Å²) in [4.78, 5) is 0. The lowest BCUT2D eigenvalue weighted by Crippen LogP contribution is -2.35. The third-order valence-electron chi connectivity index (χ3n) is 0.850. The van der Waals surface area contributed by atoms with Crippen LogP contribution in [0, 0.1) is 5.41 Å². The van der Waals surface area contributed by atoms with Gasteiger partial charge in [0.2, 0.25) is 0 Å². The van der Waals surface area contributed by atoms with E-state index in [4.69, 9.17) is 14.9 Å². The van der Waals surface area contributed by atoms with Crippen LogP contribution >= 0.6 is 0 Å². The summed E-state index contributed by atoms with van der Waals surface area (Å²) in [5, 5.41) is 17.0. The zero-order valence-electron chi connectivity index (χ0n) is 6.22. The second-order valence-electron chi connectivity index (χ2n) is 1.61. The van der Waals surface area contributed by atoms with Crippen molar-refractivity contribution in [1.29, 1.82) is 5.41 Å². The molecule has 0 fully saturated rings. The topological polar surface area (TPSA) is 65.4 Å². The maximum absolute atomic E-state index is 10.3. The van der Waals surface area contributed by atoms with Gasteiger partial charge in [0.25, 0.3) is 0 Å². The third kappa shape index (κ3) is 3.42. The summed E-state index contributed by atoms with van der Waals surface area (Å²) >= 11 is 0. The summed E-state index contributed by atoms with van der Waals surface area (Å²) < 4.78 is 9.57. The highest BCUT2D eigenvalue weighted by Gasteiger charge is 2.04. The molecule has 0 aliphatic rings. The molecule has 0 heterocycles. The van der Waals surface area contributed by atoms with E-state index in [9.17, 15) is 5.11 Å². The normalized spacial score (nSPS) is 10.3. The molecular weight excluding hydrogens is 134 g/mol. The number of ether oxygens (including phenoxy) is 2. The molecule has 0 spiro atoms. The highest BCUT2D eigenvalue weighted by molar-refractivity contribution is 5.71. The van der Waals surface area contributed by atoms with E-state index < -0.39 is 12.2 Å². The van der Waals surface area contributed by atoms with E-state index in [1.807, 2.05) is 0 Å². The first kappa shape index (κ1) is 9.39. The lowest BCUT2D eigenvalue weighted by atomic mass is 10.6. The van der Waals surface area contributed by atoms with Crippen molar-refractivity contribution in [3.05, 3.63) is 0 Å². The van der Waals surface area contributed by atoms with E-state index in [1.54, 1.807) is 13.8 Å². The minimum absolute atomic E-state index is 0.384. The first-order valence-electron chi connectivity index (χ1n) is 3.21. The van der Waals surface area contributed by atoms with Crippen molar-refractivity contribution < 1.29 is 14.6 Å². The van der Waals surface area contributed by atoms with Crippen LogP contribution in [0.2, 0.25) is 0 Å². The van der Waals surface area contributed by atoms with Gasteiger partial charge in [0.15, 0.2) is 6.29 Å². The third-order valence-corrected chi connectivity index (χ3v) is 0.850. The smallest absolute Gasteiger partial charge is 0.186 e. The molecule has 0 unspecified atom stereocenters.